The molecule has 1 aliphatic carbocycles. The van der Waals surface area contributed by atoms with Crippen molar-refractivity contribution >= 4 is 5.94 Å². The maximum absolute atomic E-state index is 11.2. The van der Waals surface area contributed by atoms with Crippen LogP contribution in [0.2, 0.25) is 0 Å². The van der Waals surface area contributed by atoms with Crippen molar-refractivity contribution in [2.75, 3.05) is 6.61 Å². The number of hydrogen-bond donors (Lipinski definition) is 3. The van der Waals surface area contributed by atoms with Crippen LogP contribution in [0.4, 0.5) is 0 Å². The zero-order valence-corrected chi connectivity index (χ0v) is 11.9. The molecule has 0 bridgehead atoms. The number of nitrogens with one attached hydrogen (secondary N) is 1. The standard InChI is InChI=1S/C16H19N3O2/c1-2-21-13-8-12(10-20)16(15(18)14(13)17)19-9-11-6-4-3-5-7-11/h3-8,16,19H,2,9,17-18H2,1H3. The number of nitrogens with two attached hydrogens (primary N) is 2. The molecular formula is C16H19N3O2. The minimum Gasteiger partial charge on any atom is -0.492 e. The lowest BCUT2D eigenvalue weighted by atomic mass is 9.96. The Morgan fingerprint density at radius 1 is 1.29 bits per heavy atom. The molecule has 0 aromatic heterocycles. The van der Waals surface area contributed by atoms with Gasteiger partial charge >= 0.3 is 0 Å². The number of ether oxygens (including phenoxy) is 1. The normalized spacial score (nSPS) is 18.2. The summed E-state index contributed by atoms with van der Waals surface area (Å²) in [7, 11) is 0. The van der Waals surface area contributed by atoms with Crippen molar-refractivity contribution in [3.05, 3.63) is 64.7 Å². The average Bonchev–Trinajstić information content (AvgIpc) is 2.52. The van der Waals surface area contributed by atoms with E-state index < -0.39 is 6.04 Å². The Morgan fingerprint density at radius 2 is 2.00 bits per heavy atom. The van der Waals surface area contributed by atoms with Crippen molar-refractivity contribution in [2.45, 2.75) is 19.5 Å². The summed E-state index contributed by atoms with van der Waals surface area (Å²) >= 11 is 0. The van der Waals surface area contributed by atoms with E-state index in [4.69, 9.17) is 16.2 Å². The fraction of sp³-hybridized carbons (Fsp3) is 0.250. The zero-order valence-electron chi connectivity index (χ0n) is 11.9. The fourth-order valence-electron chi connectivity index (χ4n) is 2.17. The zero-order chi connectivity index (χ0) is 15.2. The highest BCUT2D eigenvalue weighted by molar-refractivity contribution is 5.65. The number of carbonyl (C=O) groups excluding carboxylic acids is 1. The smallest absolute Gasteiger partial charge is 0.145 e. The highest BCUT2D eigenvalue weighted by atomic mass is 16.5. The molecule has 1 unspecified atom stereocenters. The molecule has 0 amide bonds. The van der Waals surface area contributed by atoms with Crippen molar-refractivity contribution in [1.29, 1.82) is 0 Å². The van der Waals surface area contributed by atoms with Gasteiger partial charge in [0.1, 0.15) is 11.7 Å². The number of rotatable bonds is 5. The second-order valence-electron chi connectivity index (χ2n) is 4.67. The monoisotopic (exact) mass is 285 g/mol. The van der Waals surface area contributed by atoms with Gasteiger partial charge in [-0.25, -0.2) is 4.79 Å². The topological polar surface area (TPSA) is 90.4 Å². The van der Waals surface area contributed by atoms with Crippen LogP contribution >= 0.6 is 0 Å². The van der Waals surface area contributed by atoms with Crippen LogP contribution in [0.5, 0.6) is 0 Å². The molecule has 5 N–H and O–H groups in total. The Labute approximate surface area is 124 Å². The Balaban J connectivity index is 2.18. The van der Waals surface area contributed by atoms with E-state index >= 15 is 0 Å². The summed E-state index contributed by atoms with van der Waals surface area (Å²) in [5, 5.41) is 3.22. The molecule has 1 aliphatic rings. The third-order valence-corrected chi connectivity index (χ3v) is 3.26. The van der Waals surface area contributed by atoms with E-state index in [1.807, 2.05) is 43.2 Å². The van der Waals surface area contributed by atoms with E-state index in [9.17, 15) is 4.79 Å². The molecule has 0 saturated carbocycles. The highest BCUT2D eigenvalue weighted by Gasteiger charge is 2.26. The van der Waals surface area contributed by atoms with E-state index in [0.29, 0.717) is 35.9 Å². The minimum atomic E-state index is -0.452. The maximum atomic E-state index is 11.2. The minimum absolute atomic E-state index is 0.362. The first-order chi connectivity index (χ1) is 10.2. The molecule has 0 heterocycles. The van der Waals surface area contributed by atoms with Gasteiger partial charge in [0.05, 0.1) is 29.6 Å². The van der Waals surface area contributed by atoms with Gasteiger partial charge in [-0.15, -0.1) is 0 Å². The lowest BCUT2D eigenvalue weighted by Crippen LogP contribution is -2.40. The first-order valence-electron chi connectivity index (χ1n) is 6.79. The van der Waals surface area contributed by atoms with Gasteiger partial charge in [-0.2, -0.15) is 0 Å². The summed E-state index contributed by atoms with van der Waals surface area (Å²) in [4.78, 5) is 11.2. The second kappa shape index (κ2) is 6.79. The molecule has 0 fully saturated rings. The Bertz CT molecular complexity index is 614. The second-order valence-corrected chi connectivity index (χ2v) is 4.67. The van der Waals surface area contributed by atoms with Crippen molar-refractivity contribution < 1.29 is 9.53 Å². The summed E-state index contributed by atoms with van der Waals surface area (Å²) in [6, 6.07) is 9.39. The average molecular weight is 285 g/mol. The molecule has 5 heteroatoms. The molecule has 21 heavy (non-hydrogen) atoms. The van der Waals surface area contributed by atoms with Gasteiger partial charge in [0.15, 0.2) is 0 Å². The highest BCUT2D eigenvalue weighted by Crippen LogP contribution is 2.23. The third kappa shape index (κ3) is 3.34. The van der Waals surface area contributed by atoms with Gasteiger partial charge in [-0.05, 0) is 18.6 Å². The van der Waals surface area contributed by atoms with Crippen LogP contribution in [0.25, 0.3) is 0 Å². The predicted octanol–water partition coefficient (Wildman–Crippen LogP) is 0.966. The van der Waals surface area contributed by atoms with E-state index in [1.165, 1.54) is 0 Å². The molecule has 0 aliphatic heterocycles. The van der Waals surface area contributed by atoms with Crippen LogP contribution in [-0.2, 0) is 16.1 Å². The molecular weight excluding hydrogens is 266 g/mol. The van der Waals surface area contributed by atoms with E-state index in [0.717, 1.165) is 5.56 Å². The Hall–Kier alpha value is -2.49. The van der Waals surface area contributed by atoms with Gasteiger partial charge in [0.2, 0.25) is 0 Å². The first-order valence-corrected chi connectivity index (χ1v) is 6.79. The molecule has 0 saturated heterocycles. The SMILES string of the molecule is CCOC1=CC(=C=O)C(NCc2ccccc2)C(N)=C1N. The molecule has 2 rings (SSSR count). The van der Waals surface area contributed by atoms with Crippen molar-refractivity contribution in [2.24, 2.45) is 11.5 Å². The quantitative estimate of drug-likeness (QED) is 0.701. The predicted molar refractivity (Wildman–Crippen MR) is 81.4 cm³/mol. The lowest BCUT2D eigenvalue weighted by molar-refractivity contribution is 0.234. The Kier molecular flexibility index (Phi) is 4.82. The maximum Gasteiger partial charge on any atom is 0.145 e. The lowest BCUT2D eigenvalue weighted by Gasteiger charge is -2.25. The van der Waals surface area contributed by atoms with Crippen molar-refractivity contribution in [3.63, 3.8) is 0 Å². The van der Waals surface area contributed by atoms with E-state index in [2.05, 4.69) is 5.32 Å². The van der Waals surface area contributed by atoms with Gasteiger partial charge in [0.25, 0.3) is 0 Å². The molecule has 5 nitrogen and oxygen atoms in total. The summed E-state index contributed by atoms with van der Waals surface area (Å²) < 4.78 is 5.38. The van der Waals surface area contributed by atoms with Gasteiger partial charge in [-0.3, -0.25) is 0 Å². The van der Waals surface area contributed by atoms with Crippen molar-refractivity contribution in [3.8, 4) is 0 Å². The molecule has 110 valence electrons. The number of hydrogen-bond acceptors (Lipinski definition) is 5. The van der Waals surface area contributed by atoms with Crippen LogP contribution < -0.4 is 16.8 Å². The van der Waals surface area contributed by atoms with Gasteiger partial charge in [0, 0.05) is 6.54 Å². The van der Waals surface area contributed by atoms with Gasteiger partial charge in [-0.1, -0.05) is 30.3 Å². The fourth-order valence-corrected chi connectivity index (χ4v) is 2.17. The number of benzene rings is 1. The first kappa shape index (κ1) is 14.9. The van der Waals surface area contributed by atoms with Crippen molar-refractivity contribution in [1.82, 2.24) is 5.32 Å². The van der Waals surface area contributed by atoms with E-state index in [-0.39, 0.29) is 0 Å². The molecule has 1 aromatic carbocycles. The van der Waals surface area contributed by atoms with Gasteiger partial charge < -0.3 is 21.5 Å². The van der Waals surface area contributed by atoms with Crippen LogP contribution in [0.3, 0.4) is 0 Å². The largest absolute Gasteiger partial charge is 0.492 e. The summed E-state index contributed by atoms with van der Waals surface area (Å²) in [5.41, 5.74) is 14.2. The molecule has 0 radical (unpaired) electrons. The van der Waals surface area contributed by atoms with Crippen LogP contribution in [0.15, 0.2) is 59.1 Å². The Morgan fingerprint density at radius 3 is 2.62 bits per heavy atom. The third-order valence-electron chi connectivity index (χ3n) is 3.26. The summed E-state index contributed by atoms with van der Waals surface area (Å²) in [6.07, 6.45) is 1.59. The molecule has 0 spiro atoms. The van der Waals surface area contributed by atoms with Crippen LogP contribution in [0, 0.1) is 0 Å². The molecule has 1 atom stereocenters. The summed E-state index contributed by atoms with van der Waals surface area (Å²) in [6.45, 7) is 2.87. The summed E-state index contributed by atoms with van der Waals surface area (Å²) in [5.74, 6) is 2.33. The van der Waals surface area contributed by atoms with E-state index in [1.54, 1.807) is 6.08 Å². The van der Waals surface area contributed by atoms with Crippen LogP contribution in [-0.4, -0.2) is 18.6 Å². The molecule has 1 aromatic rings. The van der Waals surface area contributed by atoms with Crippen LogP contribution in [0.1, 0.15) is 12.5 Å².